The van der Waals surface area contributed by atoms with Crippen LogP contribution < -0.4 is 16.0 Å². The minimum absolute atomic E-state index is 0.132. The summed E-state index contributed by atoms with van der Waals surface area (Å²) in [6.07, 6.45) is 7.20. The lowest BCUT2D eigenvalue weighted by Gasteiger charge is -2.34. The van der Waals surface area contributed by atoms with Gasteiger partial charge in [-0.3, -0.25) is 4.79 Å². The van der Waals surface area contributed by atoms with Crippen LogP contribution in [0.3, 0.4) is 0 Å². The third-order valence-electron chi connectivity index (χ3n) is 6.25. The lowest BCUT2D eigenvalue weighted by atomic mass is 9.89. The number of piperidine rings is 2. The Bertz CT molecular complexity index is 645. The van der Waals surface area contributed by atoms with Crippen molar-refractivity contribution in [3.63, 3.8) is 0 Å². The first-order valence-corrected chi connectivity index (χ1v) is 10.3. The second-order valence-electron chi connectivity index (χ2n) is 8.30. The number of para-hydroxylation sites is 1. The third kappa shape index (κ3) is 4.80. The van der Waals surface area contributed by atoms with E-state index in [0.717, 1.165) is 44.5 Å². The fraction of sp³-hybridized carbons (Fsp3) is 0.619. The lowest BCUT2D eigenvalue weighted by Crippen LogP contribution is -2.48. The van der Waals surface area contributed by atoms with Crippen molar-refractivity contribution in [1.29, 1.82) is 0 Å². The van der Waals surface area contributed by atoms with Gasteiger partial charge in [-0.2, -0.15) is 0 Å². The van der Waals surface area contributed by atoms with Gasteiger partial charge in [-0.1, -0.05) is 18.2 Å². The molecule has 0 aliphatic carbocycles. The van der Waals surface area contributed by atoms with Crippen molar-refractivity contribution in [1.82, 2.24) is 15.5 Å². The first kappa shape index (κ1) is 18.3. The Morgan fingerprint density at radius 3 is 2.33 bits per heavy atom. The number of carbonyl (C=O) groups excluding carboxylic acids is 2. The molecule has 0 aromatic heterocycles. The van der Waals surface area contributed by atoms with Crippen molar-refractivity contribution in [2.24, 2.45) is 5.92 Å². The van der Waals surface area contributed by atoms with Gasteiger partial charge in [0.2, 0.25) is 5.91 Å². The van der Waals surface area contributed by atoms with Crippen LogP contribution in [0.5, 0.6) is 0 Å². The summed E-state index contributed by atoms with van der Waals surface area (Å²) in [5, 5.41) is 9.53. The van der Waals surface area contributed by atoms with Crippen molar-refractivity contribution < 1.29 is 9.59 Å². The number of nitrogens with zero attached hydrogens (tertiary/aromatic N) is 1. The molecular formula is C21H30N4O2. The van der Waals surface area contributed by atoms with Crippen LogP contribution >= 0.6 is 0 Å². The molecule has 2 unspecified atom stereocenters. The van der Waals surface area contributed by atoms with Crippen LogP contribution in [0.4, 0.5) is 10.5 Å². The maximum atomic E-state index is 12.7. The number of nitrogens with one attached hydrogen (secondary N) is 3. The van der Waals surface area contributed by atoms with E-state index in [0.29, 0.717) is 30.3 Å². The highest BCUT2D eigenvalue weighted by atomic mass is 16.2. The van der Waals surface area contributed by atoms with Gasteiger partial charge < -0.3 is 20.9 Å². The molecule has 146 valence electrons. The molecule has 4 rings (SSSR count). The molecule has 3 fully saturated rings. The van der Waals surface area contributed by atoms with Crippen LogP contribution in [-0.4, -0.2) is 48.1 Å². The fourth-order valence-electron chi connectivity index (χ4n) is 4.87. The zero-order valence-electron chi connectivity index (χ0n) is 15.8. The Balaban J connectivity index is 1.18. The minimum Gasteiger partial charge on any atom is -0.343 e. The van der Waals surface area contributed by atoms with Crippen LogP contribution in [0, 0.1) is 5.92 Å². The summed E-state index contributed by atoms with van der Waals surface area (Å²) in [7, 11) is 0. The molecule has 0 saturated carbocycles. The summed E-state index contributed by atoms with van der Waals surface area (Å²) in [6.45, 7) is 1.49. The van der Waals surface area contributed by atoms with E-state index in [9.17, 15) is 9.59 Å². The van der Waals surface area contributed by atoms with Gasteiger partial charge in [0, 0.05) is 43.3 Å². The smallest absolute Gasteiger partial charge is 0.319 e. The Hall–Kier alpha value is -2.08. The standard InChI is InChI=1S/C21H30N4O2/c26-20(14-15-12-18-6-7-19(13-15)22-18)25-10-8-17(9-11-25)24-21(27)23-16-4-2-1-3-5-16/h1-5,15,17-19,22H,6-14H2,(H2,23,24,27). The zero-order chi connectivity index (χ0) is 18.6. The molecule has 1 aromatic carbocycles. The number of urea groups is 1. The molecule has 0 spiro atoms. The van der Waals surface area contributed by atoms with Gasteiger partial charge in [-0.25, -0.2) is 4.79 Å². The molecular weight excluding hydrogens is 340 g/mol. The molecule has 3 amide bonds. The maximum absolute atomic E-state index is 12.7. The number of hydrogen-bond acceptors (Lipinski definition) is 3. The highest BCUT2D eigenvalue weighted by molar-refractivity contribution is 5.89. The van der Waals surface area contributed by atoms with Crippen molar-refractivity contribution in [2.45, 2.75) is 63.1 Å². The first-order chi connectivity index (χ1) is 13.2. The third-order valence-corrected chi connectivity index (χ3v) is 6.25. The summed E-state index contributed by atoms with van der Waals surface area (Å²) in [6, 6.07) is 10.7. The van der Waals surface area contributed by atoms with Gasteiger partial charge in [0.15, 0.2) is 0 Å². The van der Waals surface area contributed by atoms with E-state index >= 15 is 0 Å². The average Bonchev–Trinajstić information content (AvgIpc) is 3.01. The summed E-state index contributed by atoms with van der Waals surface area (Å²) < 4.78 is 0. The number of likely N-dealkylation sites (tertiary alicyclic amines) is 1. The van der Waals surface area contributed by atoms with Gasteiger partial charge in [-0.15, -0.1) is 0 Å². The zero-order valence-corrected chi connectivity index (χ0v) is 15.8. The number of fused-ring (bicyclic) bond motifs is 2. The van der Waals surface area contributed by atoms with E-state index in [1.54, 1.807) is 0 Å². The van der Waals surface area contributed by atoms with Crippen LogP contribution in [0.25, 0.3) is 0 Å². The van der Waals surface area contributed by atoms with E-state index < -0.39 is 0 Å². The molecule has 3 saturated heterocycles. The topological polar surface area (TPSA) is 73.5 Å². The molecule has 2 bridgehead atoms. The van der Waals surface area contributed by atoms with E-state index in [1.807, 2.05) is 35.2 Å². The molecule has 6 heteroatoms. The SMILES string of the molecule is O=C(Nc1ccccc1)NC1CCN(C(=O)CC2CC3CCC(C2)N3)CC1. The molecule has 1 aromatic rings. The fourth-order valence-corrected chi connectivity index (χ4v) is 4.87. The Morgan fingerprint density at radius 1 is 1.00 bits per heavy atom. The molecule has 3 aliphatic heterocycles. The van der Waals surface area contributed by atoms with Gasteiger partial charge in [0.05, 0.1) is 0 Å². The second-order valence-corrected chi connectivity index (χ2v) is 8.30. The Kier molecular flexibility index (Phi) is 5.62. The highest BCUT2D eigenvalue weighted by Gasteiger charge is 2.35. The van der Waals surface area contributed by atoms with Crippen molar-refractivity contribution in [3.8, 4) is 0 Å². The first-order valence-electron chi connectivity index (χ1n) is 10.3. The minimum atomic E-state index is -0.170. The van der Waals surface area contributed by atoms with E-state index in [-0.39, 0.29) is 12.1 Å². The molecule has 3 aliphatic rings. The molecule has 27 heavy (non-hydrogen) atoms. The molecule has 3 heterocycles. The summed E-state index contributed by atoms with van der Waals surface area (Å²) >= 11 is 0. The largest absolute Gasteiger partial charge is 0.343 e. The Morgan fingerprint density at radius 2 is 1.67 bits per heavy atom. The van der Waals surface area contributed by atoms with Gasteiger partial charge >= 0.3 is 6.03 Å². The number of benzene rings is 1. The highest BCUT2D eigenvalue weighted by Crippen LogP contribution is 2.33. The summed E-state index contributed by atoms with van der Waals surface area (Å²) in [5.74, 6) is 0.845. The van der Waals surface area contributed by atoms with E-state index in [4.69, 9.17) is 0 Å². The Labute approximate surface area is 161 Å². The quantitative estimate of drug-likeness (QED) is 0.763. The molecule has 0 radical (unpaired) electrons. The number of amides is 3. The van der Waals surface area contributed by atoms with E-state index in [2.05, 4.69) is 16.0 Å². The lowest BCUT2D eigenvalue weighted by molar-refractivity contribution is -0.133. The number of rotatable bonds is 4. The number of hydrogen-bond donors (Lipinski definition) is 3. The van der Waals surface area contributed by atoms with E-state index in [1.165, 1.54) is 12.8 Å². The normalized spacial score (nSPS) is 28.0. The summed E-state index contributed by atoms with van der Waals surface area (Å²) in [5.41, 5.74) is 0.790. The van der Waals surface area contributed by atoms with Crippen LogP contribution in [0.2, 0.25) is 0 Å². The van der Waals surface area contributed by atoms with Gasteiger partial charge in [-0.05, 0) is 56.6 Å². The summed E-state index contributed by atoms with van der Waals surface area (Å²) in [4.78, 5) is 26.8. The van der Waals surface area contributed by atoms with Crippen molar-refractivity contribution >= 4 is 17.6 Å². The van der Waals surface area contributed by atoms with Gasteiger partial charge in [0.25, 0.3) is 0 Å². The van der Waals surface area contributed by atoms with Crippen LogP contribution in [-0.2, 0) is 4.79 Å². The average molecular weight is 370 g/mol. The van der Waals surface area contributed by atoms with Crippen molar-refractivity contribution in [3.05, 3.63) is 30.3 Å². The predicted octanol–water partition coefficient (Wildman–Crippen LogP) is 2.72. The number of anilines is 1. The molecule has 2 atom stereocenters. The van der Waals surface area contributed by atoms with Gasteiger partial charge in [0.1, 0.15) is 0 Å². The van der Waals surface area contributed by atoms with Crippen molar-refractivity contribution in [2.75, 3.05) is 18.4 Å². The molecule has 3 N–H and O–H groups in total. The predicted molar refractivity (Wildman–Crippen MR) is 105 cm³/mol. The maximum Gasteiger partial charge on any atom is 0.319 e. The van der Waals surface area contributed by atoms with Crippen LogP contribution in [0.15, 0.2) is 30.3 Å². The van der Waals surface area contributed by atoms with Crippen LogP contribution in [0.1, 0.15) is 44.9 Å². The second kappa shape index (κ2) is 8.30. The monoisotopic (exact) mass is 370 g/mol. The molecule has 6 nitrogen and oxygen atoms in total. The number of carbonyl (C=O) groups is 2.